The lowest BCUT2D eigenvalue weighted by Gasteiger charge is -2.10. The van der Waals surface area contributed by atoms with Crippen molar-refractivity contribution in [3.63, 3.8) is 0 Å². The van der Waals surface area contributed by atoms with Gasteiger partial charge in [-0.2, -0.15) is 0 Å². The molecule has 7 heteroatoms. The van der Waals surface area contributed by atoms with E-state index in [2.05, 4.69) is 32.4 Å². The molecule has 1 N–H and O–H groups in total. The lowest BCUT2D eigenvalue weighted by molar-refractivity contribution is 0.824. The van der Waals surface area contributed by atoms with Crippen molar-refractivity contribution >= 4 is 46.7 Å². The van der Waals surface area contributed by atoms with Gasteiger partial charge in [0.1, 0.15) is 11.8 Å². The minimum absolute atomic E-state index is 0. The van der Waals surface area contributed by atoms with E-state index < -0.39 is 0 Å². The predicted molar refractivity (Wildman–Crippen MR) is 103 cm³/mol. The lowest BCUT2D eigenvalue weighted by atomic mass is 10.2. The summed E-state index contributed by atoms with van der Waals surface area (Å²) < 4.78 is 2.04. The monoisotopic (exact) mass is 371 g/mol. The van der Waals surface area contributed by atoms with Crippen LogP contribution in [-0.4, -0.2) is 19.5 Å². The number of aromatic nitrogens is 4. The smallest absolute Gasteiger partial charge is 0.182 e. The van der Waals surface area contributed by atoms with Crippen LogP contribution in [0.15, 0.2) is 67.3 Å². The molecule has 2 heterocycles. The lowest BCUT2D eigenvalue weighted by Crippen LogP contribution is -2.02. The molecule has 0 aliphatic heterocycles. The third-order valence-electron chi connectivity index (χ3n) is 3.71. The summed E-state index contributed by atoms with van der Waals surface area (Å²) in [6, 6.07) is 17.7. The summed E-state index contributed by atoms with van der Waals surface area (Å²) in [7, 11) is 0. The Bertz CT molecular complexity index is 968. The zero-order valence-electron chi connectivity index (χ0n) is 13.1. The average molecular weight is 372 g/mol. The molecule has 0 atom stereocenters. The van der Waals surface area contributed by atoms with Crippen LogP contribution in [0.1, 0.15) is 5.56 Å². The molecule has 0 radical (unpaired) electrons. The Kier molecular flexibility index (Phi) is 5.16. The summed E-state index contributed by atoms with van der Waals surface area (Å²) in [4.78, 5) is 13.0. The molecule has 4 rings (SSSR count). The van der Waals surface area contributed by atoms with Crippen molar-refractivity contribution in [2.45, 2.75) is 6.54 Å². The zero-order chi connectivity index (χ0) is 16.4. The number of nitrogens with one attached hydrogen (secondary N) is 1. The predicted octanol–water partition coefficient (Wildman–Crippen LogP) is 4.69. The van der Waals surface area contributed by atoms with Gasteiger partial charge < -0.3 is 9.88 Å². The first-order valence-corrected chi connectivity index (χ1v) is 7.90. The average Bonchev–Trinajstić information content (AvgIpc) is 3.02. The third kappa shape index (κ3) is 3.73. The van der Waals surface area contributed by atoms with Gasteiger partial charge in [0.2, 0.25) is 0 Å². The Balaban J connectivity index is 0.00000182. The number of benzene rings is 2. The second-order valence-electron chi connectivity index (χ2n) is 5.38. The molecule has 0 unspecified atom stereocenters. The van der Waals surface area contributed by atoms with Crippen LogP contribution < -0.4 is 5.32 Å². The number of nitrogens with zero attached hydrogens (tertiary/aromatic N) is 4. The number of hydrogen-bond donors (Lipinski definition) is 1. The molecular weight excluding hydrogens is 357 g/mol. The van der Waals surface area contributed by atoms with Gasteiger partial charge in [-0.25, -0.2) is 15.0 Å². The molecule has 5 nitrogen and oxygen atoms in total. The van der Waals surface area contributed by atoms with Crippen molar-refractivity contribution in [1.82, 2.24) is 19.5 Å². The number of fused-ring (bicyclic) bond motifs is 1. The summed E-state index contributed by atoms with van der Waals surface area (Å²) >= 11 is 5.94. The minimum Gasteiger partial charge on any atom is -0.338 e. The molecular formula is C18H15Cl2N5. The highest BCUT2D eigenvalue weighted by atomic mass is 35.5. The number of hydrogen-bond acceptors (Lipinski definition) is 4. The first kappa shape index (κ1) is 17.2. The molecule has 0 bridgehead atoms. The number of halogens is 2. The molecule has 0 spiro atoms. The van der Waals surface area contributed by atoms with Gasteiger partial charge >= 0.3 is 0 Å². The van der Waals surface area contributed by atoms with Gasteiger partial charge in [-0.05, 0) is 29.8 Å². The Morgan fingerprint density at radius 3 is 2.44 bits per heavy atom. The zero-order valence-corrected chi connectivity index (χ0v) is 14.7. The molecule has 2 aromatic heterocycles. The van der Waals surface area contributed by atoms with Crippen LogP contribution in [0.3, 0.4) is 0 Å². The summed E-state index contributed by atoms with van der Waals surface area (Å²) in [6.45, 7) is 0.708. The van der Waals surface area contributed by atoms with Crippen molar-refractivity contribution in [1.29, 1.82) is 0 Å². The highest BCUT2D eigenvalue weighted by Crippen LogP contribution is 2.24. The Hall–Kier alpha value is -2.63. The van der Waals surface area contributed by atoms with Crippen LogP contribution in [0.2, 0.25) is 5.02 Å². The van der Waals surface area contributed by atoms with E-state index >= 15 is 0 Å². The standard InChI is InChI=1S/C18H14ClN5.ClH/c19-14-6-8-15(9-7-14)23-18-16-17(20-11-21-18)22-12-24(16)10-13-4-2-1-3-5-13;/h1-9,11-12H,10H2,(H,20,21,23);1H. The normalized spacial score (nSPS) is 10.4. The first-order valence-electron chi connectivity index (χ1n) is 7.52. The van der Waals surface area contributed by atoms with Gasteiger partial charge in [-0.15, -0.1) is 12.4 Å². The molecule has 25 heavy (non-hydrogen) atoms. The Labute approximate surface area is 156 Å². The maximum absolute atomic E-state index is 5.94. The van der Waals surface area contributed by atoms with E-state index in [1.807, 2.05) is 47.0 Å². The van der Waals surface area contributed by atoms with E-state index in [0.717, 1.165) is 17.0 Å². The fraction of sp³-hybridized carbons (Fsp3) is 0.0556. The van der Waals surface area contributed by atoms with Crippen LogP contribution in [0.4, 0.5) is 11.5 Å². The SMILES string of the molecule is Cl.Clc1ccc(Nc2ncnc3ncn(Cc4ccccc4)c23)cc1. The second-order valence-corrected chi connectivity index (χ2v) is 5.82. The van der Waals surface area contributed by atoms with Gasteiger partial charge in [0.25, 0.3) is 0 Å². The maximum atomic E-state index is 5.94. The summed E-state index contributed by atoms with van der Waals surface area (Å²) in [5.74, 6) is 0.718. The number of anilines is 2. The molecule has 0 amide bonds. The van der Waals surface area contributed by atoms with E-state index in [4.69, 9.17) is 11.6 Å². The number of imidazole rings is 1. The fourth-order valence-corrected chi connectivity index (χ4v) is 2.70. The van der Waals surface area contributed by atoms with E-state index in [9.17, 15) is 0 Å². The van der Waals surface area contributed by atoms with Crippen molar-refractivity contribution < 1.29 is 0 Å². The van der Waals surface area contributed by atoms with Crippen molar-refractivity contribution in [2.75, 3.05) is 5.32 Å². The molecule has 126 valence electrons. The van der Waals surface area contributed by atoms with Crippen LogP contribution >= 0.6 is 24.0 Å². The molecule has 0 aliphatic rings. The third-order valence-corrected chi connectivity index (χ3v) is 3.96. The quantitative estimate of drug-likeness (QED) is 0.565. The van der Waals surface area contributed by atoms with E-state index in [1.165, 1.54) is 11.9 Å². The summed E-state index contributed by atoms with van der Waals surface area (Å²) in [5, 5.41) is 4.01. The van der Waals surface area contributed by atoms with E-state index in [0.29, 0.717) is 17.2 Å². The first-order chi connectivity index (χ1) is 11.8. The van der Waals surface area contributed by atoms with Crippen molar-refractivity contribution in [2.24, 2.45) is 0 Å². The van der Waals surface area contributed by atoms with Crippen molar-refractivity contribution in [3.05, 3.63) is 77.8 Å². The van der Waals surface area contributed by atoms with Crippen LogP contribution in [-0.2, 0) is 6.54 Å². The largest absolute Gasteiger partial charge is 0.338 e. The summed E-state index contributed by atoms with van der Waals surface area (Å²) in [5.41, 5.74) is 3.64. The second kappa shape index (κ2) is 7.51. The van der Waals surface area contributed by atoms with Crippen LogP contribution in [0, 0.1) is 0 Å². The summed E-state index contributed by atoms with van der Waals surface area (Å²) in [6.07, 6.45) is 3.31. The molecule has 0 saturated heterocycles. The van der Waals surface area contributed by atoms with E-state index in [-0.39, 0.29) is 12.4 Å². The van der Waals surface area contributed by atoms with Gasteiger partial charge in [0.05, 0.1) is 6.33 Å². The maximum Gasteiger partial charge on any atom is 0.182 e. The highest BCUT2D eigenvalue weighted by Gasteiger charge is 2.11. The number of rotatable bonds is 4. The minimum atomic E-state index is 0. The van der Waals surface area contributed by atoms with Crippen LogP contribution in [0.25, 0.3) is 11.2 Å². The molecule has 4 aromatic rings. The van der Waals surface area contributed by atoms with Gasteiger partial charge in [0.15, 0.2) is 11.5 Å². The van der Waals surface area contributed by atoms with Crippen LogP contribution in [0.5, 0.6) is 0 Å². The fourth-order valence-electron chi connectivity index (χ4n) is 2.57. The Morgan fingerprint density at radius 1 is 0.920 bits per heavy atom. The van der Waals surface area contributed by atoms with Crippen molar-refractivity contribution in [3.8, 4) is 0 Å². The molecule has 0 aliphatic carbocycles. The molecule has 0 saturated carbocycles. The van der Waals surface area contributed by atoms with Gasteiger partial charge in [-0.3, -0.25) is 0 Å². The van der Waals surface area contributed by atoms with Gasteiger partial charge in [-0.1, -0.05) is 41.9 Å². The highest BCUT2D eigenvalue weighted by molar-refractivity contribution is 6.30. The molecule has 0 fully saturated rings. The molecule has 2 aromatic carbocycles. The topological polar surface area (TPSA) is 55.6 Å². The Morgan fingerprint density at radius 2 is 1.68 bits per heavy atom. The van der Waals surface area contributed by atoms with E-state index in [1.54, 1.807) is 6.33 Å². The van der Waals surface area contributed by atoms with Gasteiger partial charge in [0, 0.05) is 17.3 Å².